The second-order valence-electron chi connectivity index (χ2n) is 4.87. The fourth-order valence-electron chi connectivity index (χ4n) is 1.55. The molecule has 0 unspecified atom stereocenters. The number of carbonyl (C=O) groups is 1. The van der Waals surface area contributed by atoms with E-state index in [1.165, 1.54) is 23.1 Å². The van der Waals surface area contributed by atoms with Crippen molar-refractivity contribution in [2.24, 2.45) is 5.92 Å². The molecule has 0 aliphatic heterocycles. The van der Waals surface area contributed by atoms with Gasteiger partial charge in [-0.15, -0.1) is 5.10 Å². The molecular formula is C14H17N3OS3. The molecular weight excluding hydrogens is 322 g/mol. The molecule has 0 spiro atoms. The van der Waals surface area contributed by atoms with Crippen LogP contribution in [0.3, 0.4) is 0 Å². The highest BCUT2D eigenvalue weighted by Gasteiger charge is 2.09. The van der Waals surface area contributed by atoms with Gasteiger partial charge in [0, 0.05) is 6.54 Å². The number of nitrogens with one attached hydrogen (secondary N) is 1. The van der Waals surface area contributed by atoms with Gasteiger partial charge in [-0.1, -0.05) is 55.1 Å². The van der Waals surface area contributed by atoms with E-state index in [1.807, 2.05) is 30.3 Å². The number of thioether (sulfide) groups is 1. The normalized spacial score (nSPS) is 10.8. The Labute approximate surface area is 137 Å². The first-order valence-corrected chi connectivity index (χ1v) is 8.82. The van der Waals surface area contributed by atoms with Crippen molar-refractivity contribution in [2.75, 3.05) is 12.3 Å². The number of amides is 1. The molecule has 0 saturated heterocycles. The molecule has 0 fully saturated rings. The van der Waals surface area contributed by atoms with Crippen molar-refractivity contribution in [3.05, 3.63) is 34.3 Å². The van der Waals surface area contributed by atoms with Crippen LogP contribution in [-0.4, -0.2) is 28.0 Å². The van der Waals surface area contributed by atoms with Crippen molar-refractivity contribution in [1.29, 1.82) is 0 Å². The quantitative estimate of drug-likeness (QED) is 0.646. The highest BCUT2D eigenvalue weighted by molar-refractivity contribution is 8.01. The van der Waals surface area contributed by atoms with E-state index in [0.29, 0.717) is 22.2 Å². The molecule has 0 radical (unpaired) electrons. The fourth-order valence-corrected chi connectivity index (χ4v) is 3.74. The summed E-state index contributed by atoms with van der Waals surface area (Å²) in [5.74, 6) is 0.850. The second-order valence-corrected chi connectivity index (χ2v) is 7.71. The second kappa shape index (κ2) is 7.72. The van der Waals surface area contributed by atoms with Crippen molar-refractivity contribution in [2.45, 2.75) is 18.2 Å². The highest BCUT2D eigenvalue weighted by Crippen LogP contribution is 2.23. The van der Waals surface area contributed by atoms with Crippen LogP contribution in [0.4, 0.5) is 0 Å². The zero-order valence-corrected chi connectivity index (χ0v) is 14.4. The molecule has 2 rings (SSSR count). The molecule has 1 heterocycles. The summed E-state index contributed by atoms with van der Waals surface area (Å²) in [6.45, 7) is 4.84. The van der Waals surface area contributed by atoms with Gasteiger partial charge in [-0.3, -0.25) is 4.79 Å². The first-order valence-electron chi connectivity index (χ1n) is 6.61. The minimum absolute atomic E-state index is 0.0288. The number of nitrogens with zero attached hydrogens (tertiary/aromatic N) is 2. The number of benzene rings is 1. The van der Waals surface area contributed by atoms with E-state index < -0.39 is 0 Å². The van der Waals surface area contributed by atoms with Gasteiger partial charge in [-0.2, -0.15) is 0 Å². The minimum atomic E-state index is 0.0288. The molecule has 0 aliphatic carbocycles. The van der Waals surface area contributed by atoms with Gasteiger partial charge in [0.2, 0.25) is 5.91 Å². The highest BCUT2D eigenvalue weighted by atomic mass is 32.2. The predicted molar refractivity (Wildman–Crippen MR) is 90.8 cm³/mol. The van der Waals surface area contributed by atoms with Gasteiger partial charge in [0.25, 0.3) is 0 Å². The van der Waals surface area contributed by atoms with Gasteiger partial charge in [0.1, 0.15) is 0 Å². The number of carbonyl (C=O) groups excluding carboxylic acids is 1. The summed E-state index contributed by atoms with van der Waals surface area (Å²) in [6.07, 6.45) is 0. The van der Waals surface area contributed by atoms with E-state index in [2.05, 4.69) is 24.3 Å². The molecule has 4 nitrogen and oxygen atoms in total. The van der Waals surface area contributed by atoms with E-state index in [0.717, 1.165) is 10.0 Å². The van der Waals surface area contributed by atoms with Crippen molar-refractivity contribution in [1.82, 2.24) is 15.1 Å². The Morgan fingerprint density at radius 3 is 2.81 bits per heavy atom. The molecule has 1 aromatic heterocycles. The molecule has 0 atom stereocenters. The minimum Gasteiger partial charge on any atom is -0.355 e. The van der Waals surface area contributed by atoms with Crippen LogP contribution in [-0.2, 0) is 4.79 Å². The van der Waals surface area contributed by atoms with Crippen molar-refractivity contribution in [3.63, 3.8) is 0 Å². The lowest BCUT2D eigenvalue weighted by Crippen LogP contribution is -2.28. The lowest BCUT2D eigenvalue weighted by molar-refractivity contribution is -0.118. The van der Waals surface area contributed by atoms with Gasteiger partial charge in [0.15, 0.2) is 8.29 Å². The zero-order chi connectivity index (χ0) is 15.2. The maximum Gasteiger partial charge on any atom is 0.230 e. The maximum atomic E-state index is 11.7. The zero-order valence-electron chi connectivity index (χ0n) is 11.9. The average molecular weight is 340 g/mol. The number of rotatable bonds is 6. The van der Waals surface area contributed by atoms with Gasteiger partial charge in [-0.05, 0) is 30.3 Å². The van der Waals surface area contributed by atoms with E-state index >= 15 is 0 Å². The third kappa shape index (κ3) is 4.94. The molecule has 21 heavy (non-hydrogen) atoms. The lowest BCUT2D eigenvalue weighted by atomic mass is 10.2. The molecule has 0 bridgehead atoms. The summed E-state index contributed by atoms with van der Waals surface area (Å²) < 4.78 is 3.23. The number of para-hydroxylation sites is 1. The smallest absolute Gasteiger partial charge is 0.230 e. The van der Waals surface area contributed by atoms with Crippen LogP contribution in [0.25, 0.3) is 5.69 Å². The van der Waals surface area contributed by atoms with Crippen molar-refractivity contribution in [3.8, 4) is 5.69 Å². The predicted octanol–water partition coefficient (Wildman–Crippen LogP) is 3.53. The molecule has 0 saturated carbocycles. The van der Waals surface area contributed by atoms with Crippen molar-refractivity contribution < 1.29 is 4.79 Å². The Morgan fingerprint density at radius 2 is 2.14 bits per heavy atom. The molecule has 1 amide bonds. The summed E-state index contributed by atoms with van der Waals surface area (Å²) >= 11 is 8.17. The van der Waals surface area contributed by atoms with E-state index in [9.17, 15) is 4.79 Å². The fraction of sp³-hybridized carbons (Fsp3) is 0.357. The van der Waals surface area contributed by atoms with Crippen LogP contribution in [0.1, 0.15) is 13.8 Å². The maximum absolute atomic E-state index is 11.7. The summed E-state index contributed by atoms with van der Waals surface area (Å²) in [5.41, 5.74) is 0.940. The van der Waals surface area contributed by atoms with Crippen LogP contribution >= 0.6 is 35.3 Å². The van der Waals surface area contributed by atoms with Crippen LogP contribution in [0.15, 0.2) is 34.7 Å². The lowest BCUT2D eigenvalue weighted by Gasteiger charge is -2.06. The van der Waals surface area contributed by atoms with E-state index in [-0.39, 0.29) is 5.91 Å². The Morgan fingerprint density at radius 1 is 1.43 bits per heavy atom. The van der Waals surface area contributed by atoms with E-state index in [1.54, 1.807) is 4.68 Å². The molecule has 1 aromatic carbocycles. The Bertz CT molecular complexity index is 649. The monoisotopic (exact) mass is 339 g/mol. The first-order chi connectivity index (χ1) is 10.1. The average Bonchev–Trinajstić information content (AvgIpc) is 2.85. The summed E-state index contributed by atoms with van der Waals surface area (Å²) in [5, 5.41) is 7.35. The molecule has 1 N–H and O–H groups in total. The Kier molecular flexibility index (Phi) is 5.96. The molecule has 0 aliphatic rings. The SMILES string of the molecule is CC(C)CNC(=O)CSc1nn(-c2ccccc2)c(=S)s1. The number of hydrogen-bond donors (Lipinski definition) is 1. The van der Waals surface area contributed by atoms with Crippen LogP contribution in [0.5, 0.6) is 0 Å². The summed E-state index contributed by atoms with van der Waals surface area (Å²) in [7, 11) is 0. The van der Waals surface area contributed by atoms with Gasteiger partial charge >= 0.3 is 0 Å². The third-order valence-electron chi connectivity index (χ3n) is 2.56. The molecule has 112 valence electrons. The van der Waals surface area contributed by atoms with Gasteiger partial charge in [0.05, 0.1) is 11.4 Å². The molecule has 7 heteroatoms. The topological polar surface area (TPSA) is 46.9 Å². The molecule has 2 aromatic rings. The third-order valence-corrected chi connectivity index (χ3v) is 4.93. The van der Waals surface area contributed by atoms with Crippen LogP contribution < -0.4 is 5.32 Å². The number of hydrogen-bond acceptors (Lipinski definition) is 5. The Balaban J connectivity index is 1.97. The van der Waals surface area contributed by atoms with Crippen LogP contribution in [0, 0.1) is 9.87 Å². The van der Waals surface area contributed by atoms with Gasteiger partial charge < -0.3 is 5.32 Å². The van der Waals surface area contributed by atoms with E-state index in [4.69, 9.17) is 12.2 Å². The van der Waals surface area contributed by atoms with Gasteiger partial charge in [-0.25, -0.2) is 4.68 Å². The Hall–Kier alpha value is -1.18. The largest absolute Gasteiger partial charge is 0.355 e. The van der Waals surface area contributed by atoms with Crippen LogP contribution in [0.2, 0.25) is 0 Å². The summed E-state index contributed by atoms with van der Waals surface area (Å²) in [4.78, 5) is 11.7. The first kappa shape index (κ1) is 16.2. The number of aromatic nitrogens is 2. The van der Waals surface area contributed by atoms with Crippen molar-refractivity contribution >= 4 is 41.2 Å². The summed E-state index contributed by atoms with van der Waals surface area (Å²) in [6, 6.07) is 9.76. The standard InChI is InChI=1S/C14H17N3OS3/c1-10(2)8-15-12(18)9-20-13-16-17(14(19)21-13)11-6-4-3-5-7-11/h3-7,10H,8-9H2,1-2H3,(H,15,18).